The maximum absolute atomic E-state index is 12.6. The highest BCUT2D eigenvalue weighted by Crippen LogP contribution is 2.15. The summed E-state index contributed by atoms with van der Waals surface area (Å²) in [6.07, 6.45) is 7.04. The monoisotopic (exact) mass is 348 g/mol. The fraction of sp³-hybridized carbons (Fsp3) is 0.250. The summed E-state index contributed by atoms with van der Waals surface area (Å²) in [7, 11) is 0. The number of carbonyl (C=O) groups is 2. The Bertz CT molecular complexity index is 935. The maximum atomic E-state index is 12.6. The van der Waals surface area contributed by atoms with Gasteiger partial charge in [-0.1, -0.05) is 18.2 Å². The van der Waals surface area contributed by atoms with Crippen LogP contribution in [0.3, 0.4) is 0 Å². The van der Waals surface area contributed by atoms with Gasteiger partial charge in [0, 0.05) is 43.3 Å². The zero-order valence-electron chi connectivity index (χ0n) is 14.3. The quantitative estimate of drug-likeness (QED) is 0.790. The molecule has 3 heterocycles. The van der Waals surface area contributed by atoms with E-state index in [2.05, 4.69) is 10.3 Å². The predicted octanol–water partition coefficient (Wildman–Crippen LogP) is 2.37. The molecule has 6 heteroatoms. The van der Waals surface area contributed by atoms with Crippen LogP contribution in [0, 0.1) is 0 Å². The first-order chi connectivity index (χ1) is 12.7. The van der Waals surface area contributed by atoms with Crippen LogP contribution < -0.4 is 5.32 Å². The van der Waals surface area contributed by atoms with Crippen LogP contribution in [0.2, 0.25) is 0 Å². The molecule has 0 saturated carbocycles. The summed E-state index contributed by atoms with van der Waals surface area (Å²) in [5.74, 6) is -0.107. The lowest BCUT2D eigenvalue weighted by molar-refractivity contribution is 0.0676. The molecular formula is C20H20N4O2. The highest BCUT2D eigenvalue weighted by molar-refractivity contribution is 5.95. The molecule has 0 radical (unpaired) electrons. The molecule has 0 bridgehead atoms. The number of aromatic nitrogens is 2. The van der Waals surface area contributed by atoms with E-state index in [-0.39, 0.29) is 17.9 Å². The van der Waals surface area contributed by atoms with E-state index < -0.39 is 0 Å². The number of amides is 2. The lowest BCUT2D eigenvalue weighted by Gasteiger charge is -2.33. The fourth-order valence-corrected chi connectivity index (χ4v) is 3.37. The number of likely N-dealkylation sites (tertiary alicyclic amines) is 1. The smallest absolute Gasteiger partial charge is 0.253 e. The number of carbonyl (C=O) groups excluding carboxylic acids is 2. The molecule has 3 aromatic rings. The molecule has 6 nitrogen and oxygen atoms in total. The van der Waals surface area contributed by atoms with Crippen molar-refractivity contribution in [3.05, 3.63) is 72.2 Å². The zero-order chi connectivity index (χ0) is 17.9. The third kappa shape index (κ3) is 3.31. The largest absolute Gasteiger partial charge is 0.347 e. The molecule has 0 spiro atoms. The summed E-state index contributed by atoms with van der Waals surface area (Å²) in [4.78, 5) is 31.2. The molecule has 132 valence electrons. The van der Waals surface area contributed by atoms with Crippen molar-refractivity contribution < 1.29 is 9.59 Å². The Balaban J connectivity index is 1.43. The maximum Gasteiger partial charge on any atom is 0.253 e. The minimum Gasteiger partial charge on any atom is -0.347 e. The van der Waals surface area contributed by atoms with Crippen LogP contribution in [0.1, 0.15) is 33.6 Å². The van der Waals surface area contributed by atoms with Crippen LogP contribution in [0.25, 0.3) is 5.65 Å². The lowest BCUT2D eigenvalue weighted by Crippen LogP contribution is -2.49. The second-order valence-corrected chi connectivity index (χ2v) is 6.54. The van der Waals surface area contributed by atoms with E-state index in [9.17, 15) is 9.59 Å². The Kier molecular flexibility index (Phi) is 4.39. The number of pyridine rings is 1. The summed E-state index contributed by atoms with van der Waals surface area (Å²) in [6.45, 7) is 1.26. The van der Waals surface area contributed by atoms with Crippen LogP contribution in [0.5, 0.6) is 0 Å². The van der Waals surface area contributed by atoms with Crippen LogP contribution in [-0.4, -0.2) is 45.2 Å². The van der Waals surface area contributed by atoms with Crippen molar-refractivity contribution in [3.8, 4) is 0 Å². The van der Waals surface area contributed by atoms with Crippen molar-refractivity contribution >= 4 is 17.5 Å². The summed E-state index contributed by atoms with van der Waals surface area (Å²) >= 11 is 0. The highest BCUT2D eigenvalue weighted by atomic mass is 16.2. The Morgan fingerprint density at radius 3 is 2.77 bits per heavy atom. The third-order valence-electron chi connectivity index (χ3n) is 4.72. The van der Waals surface area contributed by atoms with E-state index in [0.29, 0.717) is 17.7 Å². The second kappa shape index (κ2) is 7.00. The SMILES string of the molecule is O=C(N[C@H]1CCCN(C(=O)c2ccccc2)C1)c1ccc2nccn2c1. The molecule has 2 aromatic heterocycles. The first-order valence-corrected chi connectivity index (χ1v) is 8.78. The van der Waals surface area contributed by atoms with Crippen LogP contribution in [0.4, 0.5) is 0 Å². The number of benzene rings is 1. The van der Waals surface area contributed by atoms with E-state index in [4.69, 9.17) is 0 Å². The van der Waals surface area contributed by atoms with Crippen LogP contribution in [-0.2, 0) is 0 Å². The molecule has 1 fully saturated rings. The van der Waals surface area contributed by atoms with Gasteiger partial charge in [0.1, 0.15) is 5.65 Å². The minimum atomic E-state index is -0.125. The number of hydrogen-bond acceptors (Lipinski definition) is 3. The Morgan fingerprint density at radius 1 is 1.08 bits per heavy atom. The highest BCUT2D eigenvalue weighted by Gasteiger charge is 2.25. The first kappa shape index (κ1) is 16.3. The van der Waals surface area contributed by atoms with Gasteiger partial charge < -0.3 is 14.6 Å². The molecule has 1 atom stereocenters. The second-order valence-electron chi connectivity index (χ2n) is 6.54. The minimum absolute atomic E-state index is 0.0179. The van der Waals surface area contributed by atoms with Gasteiger partial charge in [-0.3, -0.25) is 9.59 Å². The molecule has 26 heavy (non-hydrogen) atoms. The van der Waals surface area contributed by atoms with Gasteiger partial charge >= 0.3 is 0 Å². The van der Waals surface area contributed by atoms with E-state index in [0.717, 1.165) is 25.0 Å². The van der Waals surface area contributed by atoms with Gasteiger partial charge in [-0.15, -0.1) is 0 Å². The van der Waals surface area contributed by atoms with Gasteiger partial charge in [0.15, 0.2) is 0 Å². The lowest BCUT2D eigenvalue weighted by atomic mass is 10.0. The van der Waals surface area contributed by atoms with Crippen molar-refractivity contribution in [3.63, 3.8) is 0 Å². The van der Waals surface area contributed by atoms with Gasteiger partial charge in [-0.25, -0.2) is 4.98 Å². The molecule has 4 rings (SSSR count). The van der Waals surface area contributed by atoms with Crippen molar-refractivity contribution in [2.75, 3.05) is 13.1 Å². The zero-order valence-corrected chi connectivity index (χ0v) is 14.3. The molecule has 1 aliphatic rings. The normalized spacial score (nSPS) is 17.2. The van der Waals surface area contributed by atoms with E-state index in [1.54, 1.807) is 18.5 Å². The summed E-state index contributed by atoms with van der Waals surface area (Å²) in [5, 5.41) is 3.06. The van der Waals surface area contributed by atoms with Crippen LogP contribution >= 0.6 is 0 Å². The molecule has 1 saturated heterocycles. The molecule has 0 unspecified atom stereocenters. The first-order valence-electron chi connectivity index (χ1n) is 8.78. The number of nitrogens with zero attached hydrogens (tertiary/aromatic N) is 3. The number of hydrogen-bond donors (Lipinski definition) is 1. The number of imidazole rings is 1. The van der Waals surface area contributed by atoms with E-state index in [1.807, 2.05) is 51.9 Å². The van der Waals surface area contributed by atoms with E-state index >= 15 is 0 Å². The summed E-state index contributed by atoms with van der Waals surface area (Å²) in [5.41, 5.74) is 2.07. The molecule has 2 amide bonds. The van der Waals surface area contributed by atoms with Crippen molar-refractivity contribution in [1.29, 1.82) is 0 Å². The standard InChI is InChI=1S/C20H20N4O2/c25-19(16-8-9-18-21-10-12-23(18)13-16)22-17-7-4-11-24(14-17)20(26)15-5-2-1-3-6-15/h1-3,5-6,8-10,12-13,17H,4,7,11,14H2,(H,22,25)/t17-/m0/s1. The number of nitrogens with one attached hydrogen (secondary N) is 1. The van der Waals surface area contributed by atoms with Gasteiger partial charge in [0.25, 0.3) is 11.8 Å². The summed E-state index contributed by atoms with van der Waals surface area (Å²) < 4.78 is 1.82. The Morgan fingerprint density at radius 2 is 1.92 bits per heavy atom. The molecular weight excluding hydrogens is 328 g/mol. The van der Waals surface area contributed by atoms with Crippen molar-refractivity contribution in [1.82, 2.24) is 19.6 Å². The molecule has 1 aromatic carbocycles. The number of piperidine rings is 1. The van der Waals surface area contributed by atoms with Crippen LogP contribution in [0.15, 0.2) is 61.1 Å². The fourth-order valence-electron chi connectivity index (χ4n) is 3.37. The average molecular weight is 348 g/mol. The molecule has 1 aliphatic heterocycles. The van der Waals surface area contributed by atoms with Gasteiger partial charge in [0.2, 0.25) is 0 Å². The van der Waals surface area contributed by atoms with Gasteiger partial charge in [-0.2, -0.15) is 0 Å². The Labute approximate surface area is 151 Å². The van der Waals surface area contributed by atoms with Crippen molar-refractivity contribution in [2.45, 2.75) is 18.9 Å². The number of rotatable bonds is 3. The number of fused-ring (bicyclic) bond motifs is 1. The van der Waals surface area contributed by atoms with E-state index in [1.165, 1.54) is 0 Å². The predicted molar refractivity (Wildman–Crippen MR) is 98.0 cm³/mol. The topological polar surface area (TPSA) is 66.7 Å². The molecule has 0 aliphatic carbocycles. The summed E-state index contributed by atoms with van der Waals surface area (Å²) in [6, 6.07) is 12.8. The van der Waals surface area contributed by atoms with Gasteiger partial charge in [-0.05, 0) is 37.1 Å². The Hall–Kier alpha value is -3.15. The average Bonchev–Trinajstić information content (AvgIpc) is 3.16. The van der Waals surface area contributed by atoms with Crippen molar-refractivity contribution in [2.24, 2.45) is 0 Å². The van der Waals surface area contributed by atoms with Gasteiger partial charge in [0.05, 0.1) is 5.56 Å². The molecule has 1 N–H and O–H groups in total. The third-order valence-corrected chi connectivity index (χ3v) is 4.72.